The van der Waals surface area contributed by atoms with Crippen LogP contribution in [0.4, 0.5) is 13.2 Å². The van der Waals surface area contributed by atoms with E-state index in [1.54, 1.807) is 0 Å². The Kier molecular flexibility index (Phi) is 1.54. The molecule has 0 spiro atoms. The van der Waals surface area contributed by atoms with E-state index in [2.05, 4.69) is 10.2 Å². The molecule has 0 N–H and O–H groups in total. The highest BCUT2D eigenvalue weighted by atomic mass is 19.4. The lowest BCUT2D eigenvalue weighted by molar-refractivity contribution is -0.287. The fourth-order valence-electron chi connectivity index (χ4n) is 1.04. The van der Waals surface area contributed by atoms with Crippen LogP contribution in [0.25, 0.3) is 0 Å². The normalized spacial score (nSPS) is 20.7. The fraction of sp³-hybridized carbons (Fsp3) is 0.333. The molecular weight excluding hydrogens is 185 g/mol. The molecule has 2 aliphatic rings. The zero-order valence-electron chi connectivity index (χ0n) is 6.28. The van der Waals surface area contributed by atoms with E-state index in [9.17, 15) is 13.2 Å². The van der Waals surface area contributed by atoms with Crippen LogP contribution in [0.1, 0.15) is 0 Å². The summed E-state index contributed by atoms with van der Waals surface area (Å²) in [6.45, 7) is -0.119. The van der Waals surface area contributed by atoms with Gasteiger partial charge in [0.2, 0.25) is 0 Å². The van der Waals surface area contributed by atoms with Gasteiger partial charge in [-0.2, -0.15) is 10.1 Å². The lowest BCUT2D eigenvalue weighted by Gasteiger charge is -2.32. The van der Waals surface area contributed by atoms with Crippen molar-refractivity contribution in [1.29, 1.82) is 0 Å². The Balaban J connectivity index is 2.26. The topological polar surface area (TPSA) is 31.2 Å². The Morgan fingerprint density at radius 1 is 1.46 bits per heavy atom. The van der Waals surface area contributed by atoms with Crippen molar-refractivity contribution in [3.05, 3.63) is 24.2 Å². The van der Waals surface area contributed by atoms with Crippen LogP contribution >= 0.6 is 0 Å². The summed E-state index contributed by atoms with van der Waals surface area (Å²) < 4.78 is 36.8. The van der Waals surface area contributed by atoms with E-state index < -0.39 is 6.30 Å². The second-order valence-electron chi connectivity index (χ2n) is 2.38. The maximum Gasteiger partial charge on any atom is 0.503 e. The summed E-state index contributed by atoms with van der Waals surface area (Å²) in [5, 5.41) is 7.91. The van der Waals surface area contributed by atoms with Crippen LogP contribution < -0.4 is 0 Å². The second-order valence-corrected chi connectivity index (χ2v) is 2.38. The molecule has 0 fully saturated rings. The fourth-order valence-corrected chi connectivity index (χ4v) is 1.04. The number of azo groups is 1. The van der Waals surface area contributed by atoms with Crippen LogP contribution in [0.3, 0.4) is 0 Å². The van der Waals surface area contributed by atoms with Gasteiger partial charge in [0.25, 0.3) is 0 Å². The number of hydrogen-bond acceptors (Lipinski definition) is 4. The van der Waals surface area contributed by atoms with E-state index >= 15 is 0 Å². The molecule has 0 aromatic carbocycles. The zero-order valence-corrected chi connectivity index (χ0v) is 6.28. The largest absolute Gasteiger partial charge is 0.503 e. The molecule has 0 amide bonds. The van der Waals surface area contributed by atoms with E-state index in [4.69, 9.17) is 0 Å². The molecule has 7 heteroatoms. The molecule has 0 saturated heterocycles. The van der Waals surface area contributed by atoms with Crippen molar-refractivity contribution in [3.63, 3.8) is 0 Å². The van der Waals surface area contributed by atoms with Gasteiger partial charge in [0.1, 0.15) is 0 Å². The molecule has 13 heavy (non-hydrogen) atoms. The number of hydrogen-bond donors (Lipinski definition) is 0. The quantitative estimate of drug-likeness (QED) is 0.542. The number of allylic oxidation sites excluding steroid dienone is 2. The number of alkyl halides is 3. The van der Waals surface area contributed by atoms with Gasteiger partial charge in [0.05, 0.1) is 6.20 Å². The summed E-state index contributed by atoms with van der Waals surface area (Å²) in [6, 6.07) is 0. The van der Waals surface area contributed by atoms with E-state index in [0.717, 1.165) is 11.1 Å². The van der Waals surface area contributed by atoms with Crippen molar-refractivity contribution in [2.45, 2.75) is 6.30 Å². The Labute approximate surface area is 71.6 Å². The highest BCUT2D eigenvalue weighted by Gasteiger charge is 2.42. The van der Waals surface area contributed by atoms with Gasteiger partial charge in [-0.15, -0.1) is 18.3 Å². The number of nitrogens with zero attached hydrogens (tertiary/aromatic N) is 4. The first kappa shape index (κ1) is 8.09. The van der Waals surface area contributed by atoms with E-state index in [0.29, 0.717) is 0 Å². The van der Waals surface area contributed by atoms with Gasteiger partial charge >= 0.3 is 6.30 Å². The molecule has 0 aromatic rings. The Morgan fingerprint density at radius 3 is 2.92 bits per heavy atom. The summed E-state index contributed by atoms with van der Waals surface area (Å²) in [7, 11) is 0. The summed E-state index contributed by atoms with van der Waals surface area (Å²) in [4.78, 5) is 0. The van der Waals surface area contributed by atoms with Gasteiger partial charge in [-0.1, -0.05) is 0 Å². The monoisotopic (exact) mass is 189 g/mol. The highest BCUT2D eigenvalue weighted by Crippen LogP contribution is 2.30. The molecule has 2 aliphatic heterocycles. The molecule has 0 saturated carbocycles. The molecule has 1 radical (unpaired) electrons. The molecule has 2 rings (SSSR count). The minimum absolute atomic E-state index is 0.0301. The highest BCUT2D eigenvalue weighted by molar-refractivity contribution is 5.13. The summed E-state index contributed by atoms with van der Waals surface area (Å²) in [5.74, 6) is 0.177. The van der Waals surface area contributed by atoms with Crippen molar-refractivity contribution >= 4 is 0 Å². The predicted octanol–water partition coefficient (Wildman–Crippen LogP) is 1.62. The van der Waals surface area contributed by atoms with Gasteiger partial charge in [-0.3, -0.25) is 0 Å². The standard InChI is InChI=1S/C6H4F3N4/c7-6(8,9)13-3-1-2-5-11-10-4-12(5)13/h1-2H,4H2. The van der Waals surface area contributed by atoms with Gasteiger partial charge in [0, 0.05) is 0 Å². The second kappa shape index (κ2) is 2.48. The van der Waals surface area contributed by atoms with Gasteiger partial charge in [-0.05, 0) is 12.2 Å². The lowest BCUT2D eigenvalue weighted by Crippen LogP contribution is -2.46. The third kappa shape index (κ3) is 1.25. The van der Waals surface area contributed by atoms with Crippen LogP contribution in [-0.2, 0) is 0 Å². The van der Waals surface area contributed by atoms with Crippen LogP contribution in [-0.4, -0.2) is 23.0 Å². The number of fused-ring (bicyclic) bond motifs is 1. The molecule has 0 atom stereocenters. The average Bonchev–Trinajstić information content (AvgIpc) is 2.48. The third-order valence-corrected chi connectivity index (χ3v) is 1.55. The maximum absolute atomic E-state index is 12.3. The first-order chi connectivity index (χ1) is 6.09. The van der Waals surface area contributed by atoms with Crippen molar-refractivity contribution in [2.75, 3.05) is 6.67 Å². The Bertz CT molecular complexity index is 303. The van der Waals surface area contributed by atoms with Crippen LogP contribution in [0.15, 0.2) is 28.2 Å². The summed E-state index contributed by atoms with van der Waals surface area (Å²) in [5.41, 5.74) is 0. The van der Waals surface area contributed by atoms with Gasteiger partial charge in [-0.25, -0.2) is 5.01 Å². The van der Waals surface area contributed by atoms with E-state index in [-0.39, 0.29) is 17.5 Å². The van der Waals surface area contributed by atoms with Crippen LogP contribution in [0.2, 0.25) is 0 Å². The maximum atomic E-state index is 12.3. The molecule has 69 valence electrons. The molecule has 0 bridgehead atoms. The van der Waals surface area contributed by atoms with Crippen LogP contribution in [0.5, 0.6) is 0 Å². The number of hydrazine groups is 1. The van der Waals surface area contributed by atoms with Crippen molar-refractivity contribution in [1.82, 2.24) is 10.0 Å². The van der Waals surface area contributed by atoms with Crippen molar-refractivity contribution in [2.24, 2.45) is 10.2 Å². The smallest absolute Gasteiger partial charge is 0.235 e. The molecule has 0 unspecified atom stereocenters. The number of rotatable bonds is 0. The first-order valence-corrected chi connectivity index (χ1v) is 3.40. The van der Waals surface area contributed by atoms with E-state index in [1.807, 2.05) is 6.20 Å². The van der Waals surface area contributed by atoms with Gasteiger partial charge < -0.3 is 0 Å². The van der Waals surface area contributed by atoms with Gasteiger partial charge in [0.15, 0.2) is 12.5 Å². The van der Waals surface area contributed by atoms with Crippen molar-refractivity contribution < 1.29 is 13.2 Å². The first-order valence-electron chi connectivity index (χ1n) is 3.40. The Morgan fingerprint density at radius 2 is 2.23 bits per heavy atom. The minimum atomic E-state index is -4.48. The molecule has 0 aromatic heterocycles. The third-order valence-electron chi connectivity index (χ3n) is 1.55. The van der Waals surface area contributed by atoms with Crippen LogP contribution in [0, 0.1) is 6.20 Å². The SMILES string of the molecule is FC(F)(F)N1[C]=CC=C2N=NCN21. The summed E-state index contributed by atoms with van der Waals surface area (Å²) >= 11 is 0. The summed E-state index contributed by atoms with van der Waals surface area (Å²) in [6.07, 6.45) is 0.134. The molecule has 0 aliphatic carbocycles. The minimum Gasteiger partial charge on any atom is -0.235 e. The Hall–Kier alpha value is -1.53. The van der Waals surface area contributed by atoms with E-state index in [1.165, 1.54) is 6.08 Å². The average molecular weight is 189 g/mol. The lowest BCUT2D eigenvalue weighted by atomic mass is 10.4. The number of halogens is 3. The molecule has 2 heterocycles. The molecule has 4 nitrogen and oxygen atoms in total. The molecular formula is C6H4F3N4. The van der Waals surface area contributed by atoms with Crippen molar-refractivity contribution in [3.8, 4) is 0 Å². The predicted molar refractivity (Wildman–Crippen MR) is 35.4 cm³/mol. The zero-order chi connectivity index (χ0) is 9.47.